The summed E-state index contributed by atoms with van der Waals surface area (Å²) in [5, 5.41) is 0. The maximum atomic E-state index is 5.99. The summed E-state index contributed by atoms with van der Waals surface area (Å²) in [6.45, 7) is 4.12. The molecule has 106 valence electrons. The van der Waals surface area contributed by atoms with Crippen LogP contribution in [0.25, 0.3) is 0 Å². The molecule has 1 aliphatic heterocycles. The maximum absolute atomic E-state index is 5.99. The lowest BCUT2D eigenvalue weighted by molar-refractivity contribution is 0.395. The minimum Gasteiger partial charge on any atom is -0.496 e. The molecule has 0 spiro atoms. The van der Waals surface area contributed by atoms with Gasteiger partial charge in [-0.05, 0) is 32.3 Å². The van der Waals surface area contributed by atoms with Crippen LogP contribution in [0.1, 0.15) is 37.8 Å². The monoisotopic (exact) mass is 264 g/mol. The first-order chi connectivity index (χ1) is 9.17. The molecule has 1 heterocycles. The van der Waals surface area contributed by atoms with Gasteiger partial charge in [0.1, 0.15) is 11.5 Å². The van der Waals surface area contributed by atoms with Crippen molar-refractivity contribution in [2.45, 2.75) is 32.2 Å². The smallest absolute Gasteiger partial charge is 0.142 e. The van der Waals surface area contributed by atoms with Crippen LogP contribution in [-0.4, -0.2) is 27.3 Å². The predicted molar refractivity (Wildman–Crippen MR) is 78.2 cm³/mol. The van der Waals surface area contributed by atoms with Gasteiger partial charge in [0.25, 0.3) is 0 Å². The van der Waals surface area contributed by atoms with Crippen LogP contribution in [-0.2, 0) is 0 Å². The quantitative estimate of drug-likeness (QED) is 0.908. The summed E-state index contributed by atoms with van der Waals surface area (Å²) < 4.78 is 11.0. The highest BCUT2D eigenvalue weighted by atomic mass is 16.5. The minimum atomic E-state index is -0.0701. The molecule has 1 aromatic carbocycles. The van der Waals surface area contributed by atoms with Gasteiger partial charge in [0.05, 0.1) is 19.9 Å². The Hall–Kier alpha value is -1.42. The van der Waals surface area contributed by atoms with Crippen LogP contribution in [0.4, 0.5) is 5.69 Å². The Morgan fingerprint density at radius 2 is 1.68 bits per heavy atom. The Morgan fingerprint density at radius 1 is 1.05 bits per heavy atom. The molecule has 4 heteroatoms. The number of nitrogens with zero attached hydrogens (tertiary/aromatic N) is 1. The zero-order valence-electron chi connectivity index (χ0n) is 12.1. The van der Waals surface area contributed by atoms with E-state index in [2.05, 4.69) is 11.0 Å². The Balaban J connectivity index is 2.41. The van der Waals surface area contributed by atoms with E-state index < -0.39 is 0 Å². The first-order valence-electron chi connectivity index (χ1n) is 6.93. The number of hydrogen-bond donors (Lipinski definition) is 1. The first kappa shape index (κ1) is 14.0. The van der Waals surface area contributed by atoms with Crippen LogP contribution < -0.4 is 20.1 Å². The molecule has 0 aromatic heterocycles. The fourth-order valence-corrected chi connectivity index (χ4v) is 2.64. The molecule has 0 amide bonds. The number of piperidine rings is 1. The molecule has 2 rings (SSSR count). The number of ether oxygens (including phenoxy) is 2. The van der Waals surface area contributed by atoms with Crippen LogP contribution in [0, 0.1) is 0 Å². The molecule has 4 nitrogen and oxygen atoms in total. The van der Waals surface area contributed by atoms with Gasteiger partial charge in [0.15, 0.2) is 0 Å². The lowest BCUT2D eigenvalue weighted by Gasteiger charge is -2.31. The van der Waals surface area contributed by atoms with Gasteiger partial charge < -0.3 is 20.1 Å². The molecule has 1 atom stereocenters. The van der Waals surface area contributed by atoms with E-state index in [0.29, 0.717) is 0 Å². The molecular formula is C15H24N2O2. The molecular weight excluding hydrogens is 240 g/mol. The lowest BCUT2D eigenvalue weighted by Crippen LogP contribution is -2.29. The second-order valence-corrected chi connectivity index (χ2v) is 5.10. The molecule has 1 aromatic rings. The first-order valence-corrected chi connectivity index (χ1v) is 6.93. The Kier molecular flexibility index (Phi) is 4.53. The van der Waals surface area contributed by atoms with Crippen molar-refractivity contribution >= 4 is 5.69 Å². The molecule has 0 bridgehead atoms. The molecule has 1 fully saturated rings. The van der Waals surface area contributed by atoms with Gasteiger partial charge in [-0.1, -0.05) is 0 Å². The van der Waals surface area contributed by atoms with Crippen molar-refractivity contribution < 1.29 is 9.47 Å². The zero-order valence-corrected chi connectivity index (χ0v) is 12.1. The SMILES string of the molecule is COc1cc(N2CCCCC2)c(OC)cc1C(C)N. The molecule has 1 saturated heterocycles. The molecule has 19 heavy (non-hydrogen) atoms. The third kappa shape index (κ3) is 2.95. The molecule has 0 radical (unpaired) electrons. The molecule has 0 aliphatic carbocycles. The highest BCUT2D eigenvalue weighted by molar-refractivity contribution is 5.64. The van der Waals surface area contributed by atoms with E-state index in [9.17, 15) is 0 Å². The second kappa shape index (κ2) is 6.15. The van der Waals surface area contributed by atoms with Crippen LogP contribution in [0.2, 0.25) is 0 Å². The van der Waals surface area contributed by atoms with Crippen molar-refractivity contribution in [1.82, 2.24) is 0 Å². The standard InChI is InChI=1S/C15H24N2O2/c1-11(16)12-9-15(19-3)13(10-14(12)18-2)17-7-5-4-6-8-17/h9-11H,4-8,16H2,1-3H3. The van der Waals surface area contributed by atoms with Crippen molar-refractivity contribution in [2.24, 2.45) is 5.73 Å². The van der Waals surface area contributed by atoms with E-state index in [4.69, 9.17) is 15.2 Å². The summed E-state index contributed by atoms with van der Waals surface area (Å²) in [5.74, 6) is 1.73. The summed E-state index contributed by atoms with van der Waals surface area (Å²) in [5.41, 5.74) is 8.09. The summed E-state index contributed by atoms with van der Waals surface area (Å²) in [6, 6.07) is 4.00. The van der Waals surface area contributed by atoms with Gasteiger partial charge in [0, 0.05) is 30.8 Å². The topological polar surface area (TPSA) is 47.7 Å². The van der Waals surface area contributed by atoms with E-state index in [0.717, 1.165) is 35.8 Å². The van der Waals surface area contributed by atoms with E-state index in [-0.39, 0.29) is 6.04 Å². The Morgan fingerprint density at radius 3 is 2.21 bits per heavy atom. The maximum Gasteiger partial charge on any atom is 0.142 e. The van der Waals surface area contributed by atoms with Gasteiger partial charge in [-0.2, -0.15) is 0 Å². The summed E-state index contributed by atoms with van der Waals surface area (Å²) in [4.78, 5) is 2.37. The van der Waals surface area contributed by atoms with Gasteiger partial charge in [-0.25, -0.2) is 0 Å². The Bertz CT molecular complexity index is 426. The fraction of sp³-hybridized carbons (Fsp3) is 0.600. The van der Waals surface area contributed by atoms with Gasteiger partial charge in [-0.15, -0.1) is 0 Å². The van der Waals surface area contributed by atoms with Gasteiger partial charge in [0.2, 0.25) is 0 Å². The average Bonchev–Trinajstić information content (AvgIpc) is 2.46. The van der Waals surface area contributed by atoms with E-state index in [1.54, 1.807) is 14.2 Å². The second-order valence-electron chi connectivity index (χ2n) is 5.10. The molecule has 0 saturated carbocycles. The summed E-state index contributed by atoms with van der Waals surface area (Å²) >= 11 is 0. The number of hydrogen-bond acceptors (Lipinski definition) is 4. The molecule has 1 aliphatic rings. The normalized spacial score (nSPS) is 17.2. The van der Waals surface area contributed by atoms with E-state index >= 15 is 0 Å². The van der Waals surface area contributed by atoms with Crippen molar-refractivity contribution in [1.29, 1.82) is 0 Å². The van der Waals surface area contributed by atoms with Crippen molar-refractivity contribution in [3.63, 3.8) is 0 Å². The molecule has 2 N–H and O–H groups in total. The summed E-state index contributed by atoms with van der Waals surface area (Å²) in [7, 11) is 3.40. The zero-order chi connectivity index (χ0) is 13.8. The highest BCUT2D eigenvalue weighted by Crippen LogP contribution is 2.38. The van der Waals surface area contributed by atoms with Crippen LogP contribution in [0.3, 0.4) is 0 Å². The number of anilines is 1. The largest absolute Gasteiger partial charge is 0.496 e. The van der Waals surface area contributed by atoms with Gasteiger partial charge in [-0.3, -0.25) is 0 Å². The third-order valence-corrected chi connectivity index (χ3v) is 3.72. The summed E-state index contributed by atoms with van der Waals surface area (Å²) in [6.07, 6.45) is 3.79. The number of rotatable bonds is 4. The van der Waals surface area contributed by atoms with E-state index in [1.165, 1.54) is 19.3 Å². The van der Waals surface area contributed by atoms with Crippen LogP contribution in [0.15, 0.2) is 12.1 Å². The van der Waals surface area contributed by atoms with Crippen LogP contribution in [0.5, 0.6) is 11.5 Å². The van der Waals surface area contributed by atoms with Crippen LogP contribution >= 0.6 is 0 Å². The Labute approximate surface area is 115 Å². The number of methoxy groups -OCH3 is 2. The molecule has 1 unspecified atom stereocenters. The highest BCUT2D eigenvalue weighted by Gasteiger charge is 2.19. The number of benzene rings is 1. The average molecular weight is 264 g/mol. The third-order valence-electron chi connectivity index (χ3n) is 3.72. The van der Waals surface area contributed by atoms with Crippen molar-refractivity contribution in [3.05, 3.63) is 17.7 Å². The van der Waals surface area contributed by atoms with Crippen molar-refractivity contribution in [2.75, 3.05) is 32.2 Å². The number of nitrogens with two attached hydrogens (primary N) is 1. The predicted octanol–water partition coefficient (Wildman–Crippen LogP) is 2.71. The van der Waals surface area contributed by atoms with Crippen molar-refractivity contribution in [3.8, 4) is 11.5 Å². The van der Waals surface area contributed by atoms with E-state index in [1.807, 2.05) is 13.0 Å². The fourth-order valence-electron chi connectivity index (χ4n) is 2.64. The van der Waals surface area contributed by atoms with Gasteiger partial charge >= 0.3 is 0 Å². The lowest BCUT2D eigenvalue weighted by atomic mass is 10.0. The minimum absolute atomic E-state index is 0.0701.